The molecule has 0 spiro atoms. The van der Waals surface area contributed by atoms with Gasteiger partial charge in [-0.2, -0.15) is 0 Å². The van der Waals surface area contributed by atoms with Crippen LogP contribution in [0.5, 0.6) is 0 Å². The molecule has 0 saturated heterocycles. The average Bonchev–Trinajstić information content (AvgIpc) is 2.37. The predicted molar refractivity (Wildman–Crippen MR) is 68.8 cm³/mol. The monoisotopic (exact) mass is 289 g/mol. The zero-order valence-electron chi connectivity index (χ0n) is 10.4. The highest BCUT2D eigenvalue weighted by Gasteiger charge is 2.22. The van der Waals surface area contributed by atoms with Crippen LogP contribution in [0, 0.1) is 5.82 Å². The third kappa shape index (κ3) is 4.18. The first kappa shape index (κ1) is 15.4. The molecule has 8 heteroatoms. The SMILES string of the molecule is CCC(CC(N)=NO)NS(=O)(=O)c1ccccc1F. The first-order chi connectivity index (χ1) is 8.90. The number of hydrogen-bond donors (Lipinski definition) is 3. The summed E-state index contributed by atoms with van der Waals surface area (Å²) in [5.41, 5.74) is 5.33. The number of nitrogens with zero attached hydrogens (tertiary/aromatic N) is 1. The molecule has 0 aliphatic rings. The zero-order valence-corrected chi connectivity index (χ0v) is 11.2. The van der Waals surface area contributed by atoms with E-state index in [1.54, 1.807) is 6.92 Å². The van der Waals surface area contributed by atoms with Crippen LogP contribution in [0.15, 0.2) is 34.3 Å². The number of benzene rings is 1. The molecule has 1 rings (SSSR count). The quantitative estimate of drug-likeness (QED) is 0.315. The Balaban J connectivity index is 2.93. The summed E-state index contributed by atoms with van der Waals surface area (Å²) in [5.74, 6) is -0.920. The van der Waals surface area contributed by atoms with Gasteiger partial charge in [0.2, 0.25) is 10.0 Å². The molecule has 1 atom stereocenters. The molecule has 106 valence electrons. The molecule has 0 radical (unpaired) electrons. The lowest BCUT2D eigenvalue weighted by atomic mass is 10.1. The Labute approximate surface area is 111 Å². The third-order valence-electron chi connectivity index (χ3n) is 2.52. The van der Waals surface area contributed by atoms with Crippen molar-refractivity contribution < 1.29 is 18.0 Å². The van der Waals surface area contributed by atoms with Gasteiger partial charge in [0.15, 0.2) is 0 Å². The van der Waals surface area contributed by atoms with Crippen molar-refractivity contribution in [3.63, 3.8) is 0 Å². The summed E-state index contributed by atoms with van der Waals surface area (Å²) in [6.45, 7) is 1.74. The van der Waals surface area contributed by atoms with E-state index in [1.165, 1.54) is 18.2 Å². The van der Waals surface area contributed by atoms with E-state index in [9.17, 15) is 12.8 Å². The molecule has 0 heterocycles. The fourth-order valence-corrected chi connectivity index (χ4v) is 2.91. The topological polar surface area (TPSA) is 105 Å². The van der Waals surface area contributed by atoms with E-state index in [-0.39, 0.29) is 12.3 Å². The molecule has 4 N–H and O–H groups in total. The molecular weight excluding hydrogens is 273 g/mol. The number of amidine groups is 1. The highest BCUT2D eigenvalue weighted by atomic mass is 32.2. The summed E-state index contributed by atoms with van der Waals surface area (Å²) in [6, 6.07) is 4.51. The van der Waals surface area contributed by atoms with Gasteiger partial charge in [-0.25, -0.2) is 17.5 Å². The maximum absolute atomic E-state index is 13.5. The van der Waals surface area contributed by atoms with E-state index in [0.29, 0.717) is 6.42 Å². The third-order valence-corrected chi connectivity index (χ3v) is 4.08. The Kier molecular flexibility index (Phi) is 5.25. The van der Waals surface area contributed by atoms with Gasteiger partial charge >= 0.3 is 0 Å². The number of nitrogens with two attached hydrogens (primary N) is 1. The van der Waals surface area contributed by atoms with Crippen LogP contribution in [-0.2, 0) is 10.0 Å². The van der Waals surface area contributed by atoms with Crippen LogP contribution in [0.2, 0.25) is 0 Å². The maximum Gasteiger partial charge on any atom is 0.243 e. The summed E-state index contributed by atoms with van der Waals surface area (Å²) < 4.78 is 39.8. The highest BCUT2D eigenvalue weighted by Crippen LogP contribution is 2.14. The van der Waals surface area contributed by atoms with Crippen LogP contribution in [-0.4, -0.2) is 25.5 Å². The van der Waals surface area contributed by atoms with Gasteiger partial charge in [0, 0.05) is 12.5 Å². The lowest BCUT2D eigenvalue weighted by Gasteiger charge is -2.16. The van der Waals surface area contributed by atoms with Crippen molar-refractivity contribution in [1.29, 1.82) is 0 Å². The van der Waals surface area contributed by atoms with Crippen molar-refractivity contribution in [2.45, 2.75) is 30.7 Å². The van der Waals surface area contributed by atoms with Gasteiger partial charge in [-0.3, -0.25) is 0 Å². The van der Waals surface area contributed by atoms with Gasteiger partial charge in [-0.15, -0.1) is 0 Å². The van der Waals surface area contributed by atoms with Crippen molar-refractivity contribution in [1.82, 2.24) is 4.72 Å². The molecule has 0 saturated carbocycles. The molecule has 0 aromatic heterocycles. The minimum atomic E-state index is -3.97. The Bertz CT molecular complexity index is 560. The summed E-state index contributed by atoms with van der Waals surface area (Å²) in [6.07, 6.45) is 0.463. The van der Waals surface area contributed by atoms with Crippen molar-refractivity contribution in [3.8, 4) is 0 Å². The van der Waals surface area contributed by atoms with E-state index in [0.717, 1.165) is 6.07 Å². The number of nitrogens with one attached hydrogen (secondary N) is 1. The maximum atomic E-state index is 13.5. The highest BCUT2D eigenvalue weighted by molar-refractivity contribution is 7.89. The van der Waals surface area contributed by atoms with Gasteiger partial charge in [0.05, 0.1) is 0 Å². The second-order valence-electron chi connectivity index (χ2n) is 3.95. The second kappa shape index (κ2) is 6.48. The predicted octanol–water partition coefficient (Wildman–Crippen LogP) is 1.02. The lowest BCUT2D eigenvalue weighted by molar-refractivity contribution is 0.316. The van der Waals surface area contributed by atoms with Crippen LogP contribution < -0.4 is 10.5 Å². The number of hydrogen-bond acceptors (Lipinski definition) is 4. The van der Waals surface area contributed by atoms with Gasteiger partial charge in [-0.1, -0.05) is 24.2 Å². The fraction of sp³-hybridized carbons (Fsp3) is 0.364. The van der Waals surface area contributed by atoms with Crippen LogP contribution >= 0.6 is 0 Å². The molecular formula is C11H16FN3O3S. The van der Waals surface area contributed by atoms with Crippen LogP contribution in [0.3, 0.4) is 0 Å². The van der Waals surface area contributed by atoms with Gasteiger partial charge in [-0.05, 0) is 18.6 Å². The Morgan fingerprint density at radius 1 is 1.53 bits per heavy atom. The van der Waals surface area contributed by atoms with Crippen molar-refractivity contribution in [2.75, 3.05) is 0 Å². The zero-order chi connectivity index (χ0) is 14.5. The largest absolute Gasteiger partial charge is 0.409 e. The molecule has 1 aromatic carbocycles. The number of oxime groups is 1. The summed E-state index contributed by atoms with van der Waals surface area (Å²) in [5, 5.41) is 11.2. The molecule has 0 aliphatic carbocycles. The van der Waals surface area contributed by atoms with Crippen molar-refractivity contribution in [2.24, 2.45) is 10.9 Å². The number of rotatable bonds is 6. The molecule has 0 fully saturated rings. The minimum absolute atomic E-state index is 0.0423. The van der Waals surface area contributed by atoms with E-state index >= 15 is 0 Å². The number of sulfonamides is 1. The molecule has 0 amide bonds. The molecule has 6 nitrogen and oxygen atoms in total. The lowest BCUT2D eigenvalue weighted by Crippen LogP contribution is -2.37. The normalized spacial score (nSPS) is 14.3. The van der Waals surface area contributed by atoms with Crippen LogP contribution in [0.1, 0.15) is 19.8 Å². The first-order valence-corrected chi connectivity index (χ1v) is 7.12. The molecule has 19 heavy (non-hydrogen) atoms. The van der Waals surface area contributed by atoms with E-state index < -0.39 is 26.8 Å². The fourth-order valence-electron chi connectivity index (χ4n) is 1.51. The minimum Gasteiger partial charge on any atom is -0.409 e. The standard InChI is InChI=1S/C11H16FN3O3S/c1-2-8(7-11(13)14-16)15-19(17,18)10-6-4-3-5-9(10)12/h3-6,8,15-16H,2,7H2,1H3,(H2,13,14). The molecule has 1 unspecified atom stereocenters. The van der Waals surface area contributed by atoms with Gasteiger partial charge in [0.1, 0.15) is 16.5 Å². The van der Waals surface area contributed by atoms with Gasteiger partial charge in [0.25, 0.3) is 0 Å². The van der Waals surface area contributed by atoms with Gasteiger partial charge < -0.3 is 10.9 Å². The summed E-state index contributed by atoms with van der Waals surface area (Å²) >= 11 is 0. The molecule has 0 aliphatic heterocycles. The van der Waals surface area contributed by atoms with Crippen molar-refractivity contribution in [3.05, 3.63) is 30.1 Å². The first-order valence-electron chi connectivity index (χ1n) is 5.64. The smallest absolute Gasteiger partial charge is 0.243 e. The average molecular weight is 289 g/mol. The van der Waals surface area contributed by atoms with E-state index in [4.69, 9.17) is 10.9 Å². The Morgan fingerprint density at radius 2 is 2.16 bits per heavy atom. The summed E-state index contributed by atoms with van der Waals surface area (Å²) in [4.78, 5) is -0.423. The second-order valence-corrected chi connectivity index (χ2v) is 5.63. The number of halogens is 1. The molecule has 1 aromatic rings. The Morgan fingerprint density at radius 3 is 2.68 bits per heavy atom. The summed E-state index contributed by atoms with van der Waals surface area (Å²) in [7, 11) is -3.97. The molecule has 0 bridgehead atoms. The van der Waals surface area contributed by atoms with E-state index in [1.807, 2.05) is 0 Å². The van der Waals surface area contributed by atoms with Crippen LogP contribution in [0.4, 0.5) is 4.39 Å². The Hall–Kier alpha value is -1.67. The van der Waals surface area contributed by atoms with E-state index in [2.05, 4.69) is 9.88 Å². The van der Waals surface area contributed by atoms with Crippen LogP contribution in [0.25, 0.3) is 0 Å². The van der Waals surface area contributed by atoms with Crippen molar-refractivity contribution >= 4 is 15.9 Å².